The molecule has 0 fully saturated rings. The quantitative estimate of drug-likeness (QED) is 0.781. The molecule has 7 nitrogen and oxygen atoms in total. The van der Waals surface area contributed by atoms with E-state index in [1.165, 1.54) is 10.9 Å². The summed E-state index contributed by atoms with van der Waals surface area (Å²) in [6, 6.07) is 0. The van der Waals surface area contributed by atoms with Crippen molar-refractivity contribution in [3.05, 3.63) is 23.7 Å². The van der Waals surface area contributed by atoms with Gasteiger partial charge < -0.3 is 11.1 Å². The SMILES string of the molecule is Cc1nn(C)cc1NC(=O)c1cnn(C)c1N. The molecule has 0 atom stereocenters. The first-order valence-electron chi connectivity index (χ1n) is 5.08. The van der Waals surface area contributed by atoms with E-state index in [4.69, 9.17) is 5.73 Å². The number of rotatable bonds is 2. The molecular weight excluding hydrogens is 220 g/mol. The molecule has 0 bridgehead atoms. The highest BCUT2D eigenvalue weighted by atomic mass is 16.1. The summed E-state index contributed by atoms with van der Waals surface area (Å²) in [5.41, 5.74) is 7.50. The van der Waals surface area contributed by atoms with Crippen molar-refractivity contribution < 1.29 is 4.79 Å². The fourth-order valence-electron chi connectivity index (χ4n) is 1.53. The van der Waals surface area contributed by atoms with Crippen LogP contribution in [0.1, 0.15) is 16.1 Å². The third-order valence-electron chi connectivity index (χ3n) is 2.49. The van der Waals surface area contributed by atoms with Gasteiger partial charge in [-0.1, -0.05) is 0 Å². The minimum absolute atomic E-state index is 0.285. The number of aromatic nitrogens is 4. The molecule has 2 rings (SSSR count). The first kappa shape index (κ1) is 11.2. The number of amides is 1. The molecule has 2 aromatic rings. The highest BCUT2D eigenvalue weighted by molar-refractivity contribution is 6.07. The summed E-state index contributed by atoms with van der Waals surface area (Å²) in [6.07, 6.45) is 3.18. The van der Waals surface area contributed by atoms with Gasteiger partial charge in [0.25, 0.3) is 5.91 Å². The zero-order chi connectivity index (χ0) is 12.6. The first-order chi connectivity index (χ1) is 7.99. The third kappa shape index (κ3) is 1.99. The molecule has 0 saturated carbocycles. The van der Waals surface area contributed by atoms with Crippen LogP contribution in [-0.4, -0.2) is 25.5 Å². The molecule has 1 amide bonds. The number of nitrogens with zero attached hydrogens (tertiary/aromatic N) is 4. The topological polar surface area (TPSA) is 90.8 Å². The van der Waals surface area contributed by atoms with Gasteiger partial charge in [-0.3, -0.25) is 14.2 Å². The van der Waals surface area contributed by atoms with Crippen LogP contribution >= 0.6 is 0 Å². The molecule has 7 heteroatoms. The van der Waals surface area contributed by atoms with E-state index in [1.807, 2.05) is 6.92 Å². The van der Waals surface area contributed by atoms with E-state index in [-0.39, 0.29) is 5.91 Å². The molecule has 0 saturated heterocycles. The van der Waals surface area contributed by atoms with Crippen LogP contribution in [0.15, 0.2) is 12.4 Å². The number of nitrogens with one attached hydrogen (secondary N) is 1. The molecule has 2 heterocycles. The van der Waals surface area contributed by atoms with Gasteiger partial charge in [-0.15, -0.1) is 0 Å². The van der Waals surface area contributed by atoms with E-state index in [1.54, 1.807) is 25.0 Å². The summed E-state index contributed by atoms with van der Waals surface area (Å²) in [5, 5.41) is 10.8. The van der Waals surface area contributed by atoms with Gasteiger partial charge in [-0.2, -0.15) is 10.2 Å². The molecule has 3 N–H and O–H groups in total. The van der Waals surface area contributed by atoms with E-state index < -0.39 is 0 Å². The maximum absolute atomic E-state index is 11.9. The fraction of sp³-hybridized carbons (Fsp3) is 0.300. The minimum Gasteiger partial charge on any atom is -0.383 e. The van der Waals surface area contributed by atoms with Crippen molar-refractivity contribution >= 4 is 17.4 Å². The Labute approximate surface area is 98.2 Å². The summed E-state index contributed by atoms with van der Waals surface area (Å²) in [5.74, 6) is 0.0516. The highest BCUT2D eigenvalue weighted by Crippen LogP contribution is 2.15. The molecule has 0 spiro atoms. The van der Waals surface area contributed by atoms with Crippen LogP contribution in [0, 0.1) is 6.92 Å². The Morgan fingerprint density at radius 3 is 2.65 bits per heavy atom. The maximum Gasteiger partial charge on any atom is 0.261 e. The van der Waals surface area contributed by atoms with Crippen LogP contribution in [0.2, 0.25) is 0 Å². The van der Waals surface area contributed by atoms with Crippen molar-refractivity contribution in [1.82, 2.24) is 19.6 Å². The number of hydrogen-bond donors (Lipinski definition) is 2. The van der Waals surface area contributed by atoms with Gasteiger partial charge in [-0.25, -0.2) is 0 Å². The van der Waals surface area contributed by atoms with Gasteiger partial charge in [0.05, 0.1) is 17.6 Å². The third-order valence-corrected chi connectivity index (χ3v) is 2.49. The Morgan fingerprint density at radius 2 is 2.18 bits per heavy atom. The molecule has 0 aromatic carbocycles. The van der Waals surface area contributed by atoms with Crippen LogP contribution in [-0.2, 0) is 14.1 Å². The standard InChI is InChI=1S/C10H14N6O/c1-6-8(5-15(2)14-6)13-10(17)7-4-12-16(3)9(7)11/h4-5H,11H2,1-3H3,(H,13,17). The number of hydrogen-bond acceptors (Lipinski definition) is 4. The van der Waals surface area contributed by atoms with Gasteiger partial charge in [0.15, 0.2) is 0 Å². The Bertz CT molecular complexity index is 567. The van der Waals surface area contributed by atoms with Crippen molar-refractivity contribution in [3.8, 4) is 0 Å². The van der Waals surface area contributed by atoms with Crippen molar-refractivity contribution in [3.63, 3.8) is 0 Å². The number of carbonyl (C=O) groups excluding carboxylic acids is 1. The van der Waals surface area contributed by atoms with Crippen molar-refractivity contribution in [2.75, 3.05) is 11.1 Å². The monoisotopic (exact) mass is 234 g/mol. The summed E-state index contributed by atoms with van der Waals surface area (Å²) in [7, 11) is 3.47. The normalized spacial score (nSPS) is 10.5. The predicted molar refractivity (Wildman–Crippen MR) is 63.5 cm³/mol. The first-order valence-corrected chi connectivity index (χ1v) is 5.08. The maximum atomic E-state index is 11.9. The molecule has 0 radical (unpaired) electrons. The summed E-state index contributed by atoms with van der Waals surface area (Å²) in [6.45, 7) is 1.82. The Kier molecular flexibility index (Phi) is 2.58. The summed E-state index contributed by atoms with van der Waals surface area (Å²) < 4.78 is 3.09. The van der Waals surface area contributed by atoms with Gasteiger partial charge in [-0.05, 0) is 6.92 Å². The Balaban J connectivity index is 2.23. The van der Waals surface area contributed by atoms with Gasteiger partial charge in [0, 0.05) is 20.3 Å². The average Bonchev–Trinajstić information content (AvgIpc) is 2.73. The van der Waals surface area contributed by atoms with Gasteiger partial charge in [0.1, 0.15) is 11.4 Å². The van der Waals surface area contributed by atoms with Crippen LogP contribution < -0.4 is 11.1 Å². The smallest absolute Gasteiger partial charge is 0.261 e. The van der Waals surface area contributed by atoms with Crippen molar-refractivity contribution in [2.24, 2.45) is 14.1 Å². The molecule has 0 unspecified atom stereocenters. The zero-order valence-corrected chi connectivity index (χ0v) is 9.93. The fourth-order valence-corrected chi connectivity index (χ4v) is 1.53. The van der Waals surface area contributed by atoms with E-state index in [0.29, 0.717) is 17.1 Å². The van der Waals surface area contributed by atoms with E-state index >= 15 is 0 Å². The molecular formula is C10H14N6O. The van der Waals surface area contributed by atoms with E-state index in [2.05, 4.69) is 15.5 Å². The summed E-state index contributed by atoms with van der Waals surface area (Å²) >= 11 is 0. The van der Waals surface area contributed by atoms with Gasteiger partial charge in [0.2, 0.25) is 0 Å². The zero-order valence-electron chi connectivity index (χ0n) is 9.93. The number of nitrogens with two attached hydrogens (primary N) is 1. The molecule has 17 heavy (non-hydrogen) atoms. The molecule has 90 valence electrons. The Morgan fingerprint density at radius 1 is 1.47 bits per heavy atom. The average molecular weight is 234 g/mol. The van der Waals surface area contributed by atoms with E-state index in [9.17, 15) is 4.79 Å². The van der Waals surface area contributed by atoms with Crippen LogP contribution in [0.4, 0.5) is 11.5 Å². The minimum atomic E-state index is -0.285. The van der Waals surface area contributed by atoms with Gasteiger partial charge >= 0.3 is 0 Å². The van der Waals surface area contributed by atoms with Crippen LogP contribution in [0.5, 0.6) is 0 Å². The highest BCUT2D eigenvalue weighted by Gasteiger charge is 2.15. The number of nitrogen functional groups attached to an aromatic ring is 1. The lowest BCUT2D eigenvalue weighted by molar-refractivity contribution is 0.102. The second-order valence-corrected chi connectivity index (χ2v) is 3.82. The van der Waals surface area contributed by atoms with Crippen LogP contribution in [0.3, 0.4) is 0 Å². The largest absolute Gasteiger partial charge is 0.383 e. The molecule has 0 aliphatic carbocycles. The molecule has 0 aliphatic rings. The number of anilines is 2. The second kappa shape index (κ2) is 3.93. The predicted octanol–water partition coefficient (Wildman–Crippen LogP) is 0.297. The lowest BCUT2D eigenvalue weighted by atomic mass is 10.3. The Hall–Kier alpha value is -2.31. The van der Waals surface area contributed by atoms with Crippen molar-refractivity contribution in [1.29, 1.82) is 0 Å². The second-order valence-electron chi connectivity index (χ2n) is 3.82. The van der Waals surface area contributed by atoms with E-state index in [0.717, 1.165) is 5.69 Å². The van der Waals surface area contributed by atoms with Crippen molar-refractivity contribution in [2.45, 2.75) is 6.92 Å². The van der Waals surface area contributed by atoms with Crippen LogP contribution in [0.25, 0.3) is 0 Å². The molecule has 0 aliphatic heterocycles. The number of carbonyl (C=O) groups is 1. The summed E-state index contributed by atoms with van der Waals surface area (Å²) in [4.78, 5) is 11.9. The number of aryl methyl sites for hydroxylation is 3. The molecule has 2 aromatic heterocycles. The lowest BCUT2D eigenvalue weighted by Crippen LogP contribution is -2.14. The lowest BCUT2D eigenvalue weighted by Gasteiger charge is -2.02.